The Bertz CT molecular complexity index is 1150. The molecule has 0 radical (unpaired) electrons. The van der Waals surface area contributed by atoms with Gasteiger partial charge < -0.3 is 10.2 Å². The van der Waals surface area contributed by atoms with Gasteiger partial charge in [-0.3, -0.25) is 4.79 Å². The maximum atomic E-state index is 12.9. The van der Waals surface area contributed by atoms with Gasteiger partial charge in [-0.2, -0.15) is 0 Å². The van der Waals surface area contributed by atoms with Crippen molar-refractivity contribution >= 4 is 40.1 Å². The van der Waals surface area contributed by atoms with Crippen LogP contribution in [0.25, 0.3) is 10.9 Å². The Labute approximate surface area is 180 Å². The number of likely N-dealkylation sites (N-methyl/N-ethyl adjacent to an activating group) is 1. The number of carbonyl (C=O) groups excluding carboxylic acids is 1. The molecule has 0 fully saturated rings. The minimum absolute atomic E-state index is 0.000488. The van der Waals surface area contributed by atoms with Crippen LogP contribution < -0.4 is 5.32 Å². The second-order valence-electron chi connectivity index (χ2n) is 7.00. The molecule has 1 amide bonds. The van der Waals surface area contributed by atoms with Crippen LogP contribution in [0.1, 0.15) is 10.8 Å². The largest absolute Gasteiger partial charge is 0.348 e. The summed E-state index contributed by atoms with van der Waals surface area (Å²) in [5.41, 5.74) is 2.70. The first-order chi connectivity index (χ1) is 14.6. The Morgan fingerprint density at radius 1 is 0.867 bits per heavy atom. The molecule has 30 heavy (non-hydrogen) atoms. The van der Waals surface area contributed by atoms with Gasteiger partial charge in [0.15, 0.2) is 5.16 Å². The van der Waals surface area contributed by atoms with Gasteiger partial charge in [-0.15, -0.1) is 0 Å². The van der Waals surface area contributed by atoms with Crippen LogP contribution in [-0.2, 0) is 4.79 Å². The molecule has 150 valence electrons. The Morgan fingerprint density at radius 3 is 2.20 bits per heavy atom. The van der Waals surface area contributed by atoms with Gasteiger partial charge in [0, 0.05) is 25.2 Å². The molecule has 0 aliphatic rings. The normalized spacial score (nSPS) is 11.8. The predicted molar refractivity (Wildman–Crippen MR) is 123 cm³/mol. The summed E-state index contributed by atoms with van der Waals surface area (Å²) in [6.07, 6.45) is 0. The second-order valence-corrected chi connectivity index (χ2v) is 8.08. The van der Waals surface area contributed by atoms with Gasteiger partial charge in [-0.25, -0.2) is 9.97 Å². The van der Waals surface area contributed by atoms with E-state index in [1.807, 2.05) is 84.9 Å². The maximum absolute atomic E-state index is 12.9. The van der Waals surface area contributed by atoms with Crippen molar-refractivity contribution in [2.45, 2.75) is 10.4 Å². The fourth-order valence-electron chi connectivity index (χ4n) is 3.09. The van der Waals surface area contributed by atoms with Crippen LogP contribution in [0, 0.1) is 0 Å². The van der Waals surface area contributed by atoms with Gasteiger partial charge in [0.05, 0.1) is 5.52 Å². The zero-order valence-electron chi connectivity index (χ0n) is 16.8. The summed E-state index contributed by atoms with van der Waals surface area (Å²) in [4.78, 5) is 24.0. The van der Waals surface area contributed by atoms with Crippen LogP contribution in [0.15, 0.2) is 90.1 Å². The predicted octanol–water partition coefficient (Wildman–Crippen LogP) is 5.30. The minimum Gasteiger partial charge on any atom is -0.348 e. The molecule has 4 aromatic rings. The average Bonchev–Trinajstić information content (AvgIpc) is 2.78. The summed E-state index contributed by atoms with van der Waals surface area (Å²) >= 11 is 1.36. The summed E-state index contributed by atoms with van der Waals surface area (Å²) in [6.45, 7) is 0. The lowest BCUT2D eigenvalue weighted by Crippen LogP contribution is -2.26. The number of carbonyl (C=O) groups is 1. The highest BCUT2D eigenvalue weighted by molar-refractivity contribution is 8.00. The van der Waals surface area contributed by atoms with Crippen LogP contribution in [-0.4, -0.2) is 34.9 Å². The molecule has 0 saturated carbocycles. The molecule has 0 aliphatic carbocycles. The highest BCUT2D eigenvalue weighted by atomic mass is 32.2. The molecular weight excluding hydrogens is 392 g/mol. The third kappa shape index (κ3) is 4.44. The van der Waals surface area contributed by atoms with E-state index < -0.39 is 5.25 Å². The van der Waals surface area contributed by atoms with Crippen LogP contribution in [0.3, 0.4) is 0 Å². The number of amides is 1. The van der Waals surface area contributed by atoms with Gasteiger partial charge in [-0.1, -0.05) is 72.4 Å². The van der Waals surface area contributed by atoms with Crippen molar-refractivity contribution in [1.29, 1.82) is 0 Å². The Morgan fingerprint density at radius 2 is 1.50 bits per heavy atom. The Hall–Kier alpha value is -3.38. The monoisotopic (exact) mass is 414 g/mol. The second kappa shape index (κ2) is 8.97. The smallest absolute Gasteiger partial charge is 0.240 e. The van der Waals surface area contributed by atoms with E-state index in [0.717, 1.165) is 28.0 Å². The van der Waals surface area contributed by atoms with E-state index >= 15 is 0 Å². The summed E-state index contributed by atoms with van der Waals surface area (Å²) < 4.78 is 0. The molecule has 4 rings (SSSR count). The molecule has 3 aromatic carbocycles. The minimum atomic E-state index is -0.424. The van der Waals surface area contributed by atoms with Gasteiger partial charge in [0.2, 0.25) is 5.91 Å². The topological polar surface area (TPSA) is 58.1 Å². The number of nitrogens with one attached hydrogen (secondary N) is 1. The van der Waals surface area contributed by atoms with Gasteiger partial charge >= 0.3 is 0 Å². The van der Waals surface area contributed by atoms with Crippen molar-refractivity contribution in [3.05, 3.63) is 90.5 Å². The van der Waals surface area contributed by atoms with Crippen LogP contribution in [0.5, 0.6) is 0 Å². The fraction of sp³-hybridized carbons (Fsp3) is 0.125. The van der Waals surface area contributed by atoms with Crippen molar-refractivity contribution in [2.24, 2.45) is 0 Å². The first-order valence-electron chi connectivity index (χ1n) is 9.63. The van der Waals surface area contributed by atoms with Crippen LogP contribution in [0.4, 0.5) is 11.5 Å². The summed E-state index contributed by atoms with van der Waals surface area (Å²) in [5.74, 6) is 0.721. The zero-order chi connectivity index (χ0) is 20.9. The fourth-order valence-corrected chi connectivity index (χ4v) is 4.20. The molecular formula is C24H22N4OS. The number of benzene rings is 3. The van der Waals surface area contributed by atoms with Gasteiger partial charge in [0.25, 0.3) is 0 Å². The number of fused-ring (bicyclic) bond motifs is 1. The number of para-hydroxylation sites is 2. The average molecular weight is 415 g/mol. The van der Waals surface area contributed by atoms with Gasteiger partial charge in [-0.05, 0) is 29.8 Å². The van der Waals surface area contributed by atoms with Crippen molar-refractivity contribution in [3.8, 4) is 0 Å². The van der Waals surface area contributed by atoms with Gasteiger partial charge in [0.1, 0.15) is 11.1 Å². The quantitative estimate of drug-likeness (QED) is 0.343. The number of aromatic nitrogens is 2. The molecule has 0 bridgehead atoms. The molecule has 0 unspecified atom stereocenters. The molecule has 0 aliphatic heterocycles. The van der Waals surface area contributed by atoms with Crippen LogP contribution in [0.2, 0.25) is 0 Å². The highest BCUT2D eigenvalue weighted by Crippen LogP contribution is 2.36. The Balaban J connectivity index is 1.75. The number of rotatable bonds is 6. The molecule has 1 heterocycles. The SMILES string of the molecule is CN(C)C(=O)[C@H](Sc1nc(Nc2ccccc2)c2ccccc2n1)c1ccccc1. The Kier molecular flexibility index (Phi) is 5.95. The van der Waals surface area contributed by atoms with E-state index in [1.54, 1.807) is 19.0 Å². The lowest BCUT2D eigenvalue weighted by molar-refractivity contribution is -0.128. The van der Waals surface area contributed by atoms with Crippen molar-refractivity contribution < 1.29 is 4.79 Å². The van der Waals surface area contributed by atoms with Crippen LogP contribution >= 0.6 is 11.8 Å². The molecule has 1 atom stereocenters. The van der Waals surface area contributed by atoms with E-state index in [-0.39, 0.29) is 5.91 Å². The first-order valence-corrected chi connectivity index (χ1v) is 10.5. The number of hydrogen-bond donors (Lipinski definition) is 1. The molecule has 1 aromatic heterocycles. The first kappa shape index (κ1) is 19.9. The summed E-state index contributed by atoms with van der Waals surface area (Å²) in [7, 11) is 3.53. The third-order valence-electron chi connectivity index (χ3n) is 4.61. The number of nitrogens with zero attached hydrogens (tertiary/aromatic N) is 3. The molecule has 6 heteroatoms. The van der Waals surface area contributed by atoms with Crippen molar-refractivity contribution in [2.75, 3.05) is 19.4 Å². The van der Waals surface area contributed by atoms with E-state index in [2.05, 4.69) is 5.32 Å². The number of thioether (sulfide) groups is 1. The van der Waals surface area contributed by atoms with E-state index in [1.165, 1.54) is 11.8 Å². The maximum Gasteiger partial charge on any atom is 0.240 e. The molecule has 1 N–H and O–H groups in total. The molecule has 0 spiro atoms. The van der Waals surface area contributed by atoms with Crippen molar-refractivity contribution in [3.63, 3.8) is 0 Å². The van der Waals surface area contributed by atoms with E-state index in [9.17, 15) is 4.79 Å². The summed E-state index contributed by atoms with van der Waals surface area (Å²) in [6, 6.07) is 27.5. The number of anilines is 2. The van der Waals surface area contributed by atoms with E-state index in [0.29, 0.717) is 5.16 Å². The lowest BCUT2D eigenvalue weighted by Gasteiger charge is -2.20. The molecule has 0 saturated heterocycles. The summed E-state index contributed by atoms with van der Waals surface area (Å²) in [5, 5.41) is 4.45. The number of hydrogen-bond acceptors (Lipinski definition) is 5. The third-order valence-corrected chi connectivity index (χ3v) is 5.71. The zero-order valence-corrected chi connectivity index (χ0v) is 17.6. The lowest BCUT2D eigenvalue weighted by atomic mass is 10.1. The van der Waals surface area contributed by atoms with E-state index in [4.69, 9.17) is 9.97 Å². The molecule has 5 nitrogen and oxygen atoms in total. The highest BCUT2D eigenvalue weighted by Gasteiger charge is 2.25. The standard InChI is InChI=1S/C24H22N4OS/c1-28(2)23(29)21(17-11-5-3-6-12-17)30-24-26-20-16-10-9-15-19(20)22(27-24)25-18-13-7-4-8-14-18/h3-16,21H,1-2H3,(H,25,26,27)/t21-/m1/s1. The van der Waals surface area contributed by atoms with Crippen molar-refractivity contribution in [1.82, 2.24) is 14.9 Å².